The van der Waals surface area contributed by atoms with Gasteiger partial charge in [0.05, 0.1) is 80.4 Å². The van der Waals surface area contributed by atoms with E-state index in [2.05, 4.69) is 37.2 Å². The first-order valence-electron chi connectivity index (χ1n) is 27.8. The number of rotatable bonds is 26. The van der Waals surface area contributed by atoms with Crippen LogP contribution in [-0.4, -0.2) is 127 Å². The van der Waals surface area contributed by atoms with E-state index in [0.29, 0.717) is 64.7 Å². The highest BCUT2D eigenvalue weighted by Crippen LogP contribution is 2.48. The Kier molecular flexibility index (Phi) is 17.9. The lowest BCUT2D eigenvalue weighted by molar-refractivity contribution is -0.172. The molecule has 2 saturated carbocycles. The third kappa shape index (κ3) is 12.6. The van der Waals surface area contributed by atoms with Crippen LogP contribution in [-0.2, 0) is 89.0 Å². The second-order valence-electron chi connectivity index (χ2n) is 21.6. The monoisotopic (exact) mass is 1130 g/mol. The van der Waals surface area contributed by atoms with Gasteiger partial charge in [0.25, 0.3) is 5.56 Å². The van der Waals surface area contributed by atoms with Gasteiger partial charge in [0, 0.05) is 60.2 Å². The summed E-state index contributed by atoms with van der Waals surface area (Å²) in [5.41, 5.74) is 2.34. The number of hydrogen-bond donors (Lipinski definition) is 8. The van der Waals surface area contributed by atoms with E-state index in [1.54, 1.807) is 57.2 Å². The first-order valence-corrected chi connectivity index (χ1v) is 27.8. The number of cyclic esters (lactones) is 1. The van der Waals surface area contributed by atoms with E-state index >= 15 is 4.39 Å². The first kappa shape index (κ1) is 58.7. The molecule has 7 amide bonds. The molecule has 24 heteroatoms. The van der Waals surface area contributed by atoms with Crippen molar-refractivity contribution in [3.8, 4) is 11.4 Å². The topological polar surface area (TPSA) is 321 Å². The van der Waals surface area contributed by atoms with Crippen molar-refractivity contribution in [2.24, 2.45) is 29.6 Å². The van der Waals surface area contributed by atoms with Crippen LogP contribution < -0.4 is 42.8 Å². The van der Waals surface area contributed by atoms with Gasteiger partial charge in [-0.3, -0.25) is 43.2 Å². The molecule has 0 saturated heterocycles. The average Bonchev–Trinajstić information content (AvgIpc) is 1.95. The summed E-state index contributed by atoms with van der Waals surface area (Å²) < 4.78 is 33.3. The summed E-state index contributed by atoms with van der Waals surface area (Å²) in [6.07, 6.45) is 1.78. The fourth-order valence-electron chi connectivity index (χ4n) is 11.5. The SMILES string of the molecule is CCC(=O)C1C(C)C1C(=O)NCCOCCC(=O)NCC(=O)NCC(=O)N[C@@H](Cc1ccccc1)C(=O)NCC(=O)NCOC[C@H]1C[C@@H]1C(=O)N[C@H]1CCc2c(C)c(F)cc3nc4c(c1c23)Cn1c-4cc2c(c1=O)COC(=O)[C@]2(O)CC. The van der Waals surface area contributed by atoms with Crippen LogP contribution in [0.25, 0.3) is 22.3 Å². The maximum Gasteiger partial charge on any atom is 0.343 e. The second kappa shape index (κ2) is 25.0. The molecular formula is C58H68FN9O14. The summed E-state index contributed by atoms with van der Waals surface area (Å²) in [5.74, 6) is -5.86. The van der Waals surface area contributed by atoms with E-state index in [-0.39, 0.29) is 118 Å². The van der Waals surface area contributed by atoms with E-state index in [4.69, 9.17) is 19.2 Å². The zero-order valence-electron chi connectivity index (χ0n) is 46.1. The highest BCUT2D eigenvalue weighted by molar-refractivity contribution is 5.96. The Morgan fingerprint density at radius 2 is 1.60 bits per heavy atom. The van der Waals surface area contributed by atoms with Crippen molar-refractivity contribution in [1.82, 2.24) is 46.8 Å². The predicted molar refractivity (Wildman–Crippen MR) is 290 cm³/mol. The molecule has 4 heterocycles. The molecule has 5 aliphatic rings. The summed E-state index contributed by atoms with van der Waals surface area (Å²) in [4.78, 5) is 134. The molecule has 0 spiro atoms. The van der Waals surface area contributed by atoms with E-state index in [1.807, 2.05) is 6.92 Å². The van der Waals surface area contributed by atoms with Crippen molar-refractivity contribution >= 4 is 64.0 Å². The molecule has 82 heavy (non-hydrogen) atoms. The number of benzene rings is 2. The predicted octanol–water partition coefficient (Wildman–Crippen LogP) is 0.817. The number of hydrogen-bond acceptors (Lipinski definition) is 15. The quantitative estimate of drug-likeness (QED) is 0.0216. The van der Waals surface area contributed by atoms with Crippen LogP contribution in [0.3, 0.4) is 0 Å². The highest BCUT2D eigenvalue weighted by atomic mass is 19.1. The molecular weight excluding hydrogens is 1070 g/mol. The van der Waals surface area contributed by atoms with Gasteiger partial charge in [0.2, 0.25) is 41.4 Å². The summed E-state index contributed by atoms with van der Waals surface area (Å²) >= 11 is 0. The Morgan fingerprint density at radius 1 is 0.866 bits per heavy atom. The number of nitrogens with one attached hydrogen (secondary N) is 7. The molecule has 2 fully saturated rings. The minimum atomic E-state index is -2.03. The van der Waals surface area contributed by atoms with E-state index in [9.17, 15) is 53.1 Å². The largest absolute Gasteiger partial charge is 0.458 e. The van der Waals surface area contributed by atoms with Gasteiger partial charge in [0.1, 0.15) is 31.0 Å². The van der Waals surface area contributed by atoms with Gasteiger partial charge < -0.3 is 61.1 Å². The summed E-state index contributed by atoms with van der Waals surface area (Å²) in [6.45, 7) is 5.67. The lowest BCUT2D eigenvalue weighted by Crippen LogP contribution is -2.52. The number of nitrogens with zero attached hydrogens (tertiary/aromatic N) is 2. The van der Waals surface area contributed by atoms with Crippen LogP contribution in [0.1, 0.15) is 97.9 Å². The fraction of sp³-hybridized carbons (Fsp3) is 0.500. The van der Waals surface area contributed by atoms with E-state index in [1.165, 1.54) is 10.6 Å². The highest BCUT2D eigenvalue weighted by Gasteiger charge is 2.55. The van der Waals surface area contributed by atoms with Crippen molar-refractivity contribution in [2.45, 2.75) is 103 Å². The normalized spacial score (nSPS) is 21.8. The Bertz CT molecular complexity index is 3300. The van der Waals surface area contributed by atoms with Crippen LogP contribution in [0.2, 0.25) is 0 Å². The Morgan fingerprint density at radius 3 is 2.35 bits per heavy atom. The first-order chi connectivity index (χ1) is 39.3. The molecule has 2 aromatic carbocycles. The van der Waals surface area contributed by atoms with Crippen LogP contribution in [0.5, 0.6) is 0 Å². The minimum Gasteiger partial charge on any atom is -0.458 e. The van der Waals surface area contributed by atoms with Gasteiger partial charge in [0.15, 0.2) is 5.60 Å². The third-order valence-electron chi connectivity index (χ3n) is 16.3. The fourth-order valence-corrected chi connectivity index (χ4v) is 11.5. The van der Waals surface area contributed by atoms with Crippen molar-refractivity contribution in [3.63, 3.8) is 0 Å². The molecule has 4 aromatic rings. The van der Waals surface area contributed by atoms with Crippen LogP contribution in [0, 0.1) is 42.3 Å². The van der Waals surface area contributed by atoms with Gasteiger partial charge in [-0.2, -0.15) is 0 Å². The Balaban J connectivity index is 0.700. The molecule has 9 rings (SSSR count). The molecule has 0 radical (unpaired) electrons. The molecule has 436 valence electrons. The van der Waals surface area contributed by atoms with Gasteiger partial charge in [-0.05, 0) is 72.8 Å². The molecule has 0 bridgehead atoms. The van der Waals surface area contributed by atoms with Crippen LogP contribution in [0.15, 0.2) is 47.3 Å². The van der Waals surface area contributed by atoms with Gasteiger partial charge in [-0.25, -0.2) is 14.2 Å². The van der Waals surface area contributed by atoms with Gasteiger partial charge in [-0.1, -0.05) is 51.1 Å². The standard InChI is InChI=1S/C58H68FN9O14/c1-5-43(69)48-30(4)49(48)55(76)60-15-17-80-16-14-44(70)61-22-45(71)62-24-47(73)65-41(18-31-10-8-7-9-11-31)54(75)63-23-46(72)64-28-81-26-32-19-34(32)53(74)67-39-13-12-33-29(3)38(59)21-40-50(33)51(39)35-25-68-42(52(35)66-40)20-37-36(56(68)77)27-82-57(78)58(37,79)6-2/h7-11,20-21,30,32,34,39,41,48-49,79H,5-6,12-19,22-28H2,1-4H3,(H,60,76)(H,61,70)(H,62,71)(H,63,75)(H,64,72)(H,65,73)(H,67,74)/t30?,32-,34+,39+,41+,48?,49?,58+/m1/s1. The lowest BCUT2D eigenvalue weighted by atomic mass is 9.81. The number of carbonyl (C=O) groups excluding carboxylic acids is 9. The van der Waals surface area contributed by atoms with Crippen molar-refractivity contribution in [2.75, 3.05) is 52.7 Å². The number of aryl methyl sites for hydroxylation is 1. The molecule has 2 aliphatic heterocycles. The second-order valence-corrected chi connectivity index (χ2v) is 21.6. The number of fused-ring (bicyclic) bond motifs is 5. The molecule has 8 N–H and O–H groups in total. The smallest absolute Gasteiger partial charge is 0.343 e. The zero-order chi connectivity index (χ0) is 58.6. The number of aromatic nitrogens is 2. The number of carbonyl (C=O) groups is 9. The molecule has 23 nitrogen and oxygen atoms in total. The number of ketones is 1. The molecule has 3 aliphatic carbocycles. The summed E-state index contributed by atoms with van der Waals surface area (Å²) in [6, 6.07) is 10.1. The van der Waals surface area contributed by atoms with Crippen molar-refractivity contribution < 1.29 is 66.9 Å². The Labute approximate surface area is 470 Å². The van der Waals surface area contributed by atoms with Crippen LogP contribution >= 0.6 is 0 Å². The number of halogens is 1. The number of Topliss-reactive ketones (excluding diaryl/α,β-unsaturated/α-hetero) is 1. The van der Waals surface area contributed by atoms with Crippen LogP contribution in [0.4, 0.5) is 4.39 Å². The maximum atomic E-state index is 15.4. The van der Waals surface area contributed by atoms with Crippen molar-refractivity contribution in [1.29, 1.82) is 0 Å². The summed E-state index contributed by atoms with van der Waals surface area (Å²) in [5, 5.41) is 30.6. The van der Waals surface area contributed by atoms with Gasteiger partial charge in [-0.15, -0.1) is 0 Å². The Hall–Kier alpha value is -7.96. The van der Waals surface area contributed by atoms with Crippen molar-refractivity contribution in [3.05, 3.63) is 97.6 Å². The van der Waals surface area contributed by atoms with E-state index < -0.39 is 90.1 Å². The maximum absolute atomic E-state index is 15.4. The number of esters is 1. The zero-order valence-corrected chi connectivity index (χ0v) is 46.1. The number of ether oxygens (including phenoxy) is 3. The molecule has 8 atom stereocenters. The lowest BCUT2D eigenvalue weighted by Gasteiger charge is -2.31. The average molecular weight is 1130 g/mol. The molecule has 2 aromatic heterocycles. The van der Waals surface area contributed by atoms with E-state index in [0.717, 1.165) is 11.1 Å². The third-order valence-corrected chi connectivity index (χ3v) is 16.3. The molecule has 3 unspecified atom stereocenters. The summed E-state index contributed by atoms with van der Waals surface area (Å²) in [7, 11) is 0. The minimum absolute atomic E-state index is 0.0129. The number of pyridine rings is 2. The van der Waals surface area contributed by atoms with Gasteiger partial charge >= 0.3 is 5.97 Å². The number of aliphatic hydroxyl groups is 1. The number of amides is 7.